The number of benzene rings is 2. The van der Waals surface area contributed by atoms with E-state index in [-0.39, 0.29) is 12.5 Å². The molecule has 2 aromatic carbocycles. The van der Waals surface area contributed by atoms with Crippen LogP contribution in [-0.4, -0.2) is 20.7 Å². The molecule has 3 aromatic rings. The van der Waals surface area contributed by atoms with Crippen LogP contribution in [0.5, 0.6) is 5.75 Å². The van der Waals surface area contributed by atoms with Gasteiger partial charge in [-0.1, -0.05) is 42.5 Å². The van der Waals surface area contributed by atoms with Crippen LogP contribution >= 0.6 is 0 Å². The van der Waals surface area contributed by atoms with Gasteiger partial charge < -0.3 is 10.1 Å². The molecule has 1 N–H and O–H groups in total. The molecule has 1 aromatic heterocycles. The van der Waals surface area contributed by atoms with Gasteiger partial charge >= 0.3 is 0 Å². The second-order valence-electron chi connectivity index (χ2n) is 5.57. The molecule has 1 atom stereocenters. The van der Waals surface area contributed by atoms with Gasteiger partial charge in [0.05, 0.1) is 6.07 Å². The number of hydrogen-bond donors (Lipinski definition) is 1. The molecule has 1 heterocycles. The number of carbonyl (C=O) groups is 1. The Hall–Kier alpha value is -3.66. The van der Waals surface area contributed by atoms with Crippen molar-refractivity contribution < 1.29 is 9.53 Å². The fraction of sp³-hybridized carbons (Fsp3) is 0.158. The summed E-state index contributed by atoms with van der Waals surface area (Å²) in [6.07, 6.45) is 2.79. The molecule has 0 unspecified atom stereocenters. The van der Waals surface area contributed by atoms with E-state index in [1.807, 2.05) is 30.3 Å². The molecule has 0 aliphatic heterocycles. The molecule has 3 rings (SSSR count). The number of nitriles is 1. The quantitative estimate of drug-likeness (QED) is 0.707. The molecule has 7 nitrogen and oxygen atoms in total. The monoisotopic (exact) mass is 347 g/mol. The van der Waals surface area contributed by atoms with Crippen LogP contribution in [0.3, 0.4) is 0 Å². The van der Waals surface area contributed by atoms with Crippen molar-refractivity contribution in [1.82, 2.24) is 20.1 Å². The van der Waals surface area contributed by atoms with E-state index >= 15 is 0 Å². The molecular formula is C19H17N5O2. The smallest absolute Gasteiger partial charge is 0.243 e. The summed E-state index contributed by atoms with van der Waals surface area (Å²) in [5.74, 6) is 0.384. The van der Waals surface area contributed by atoms with E-state index < -0.39 is 6.04 Å². The highest BCUT2D eigenvalue weighted by molar-refractivity contribution is 5.76. The van der Waals surface area contributed by atoms with Gasteiger partial charge in [0.25, 0.3) is 0 Å². The highest BCUT2D eigenvalue weighted by Crippen LogP contribution is 2.18. The van der Waals surface area contributed by atoms with E-state index in [0.29, 0.717) is 17.9 Å². The first-order valence-electron chi connectivity index (χ1n) is 8.02. The number of ether oxygens (including phenoxy) is 1. The van der Waals surface area contributed by atoms with E-state index in [1.54, 1.807) is 24.3 Å². The minimum Gasteiger partial charge on any atom is -0.489 e. The lowest BCUT2D eigenvalue weighted by Crippen LogP contribution is -2.31. The summed E-state index contributed by atoms with van der Waals surface area (Å²) in [7, 11) is 0. The normalized spacial score (nSPS) is 11.3. The lowest BCUT2D eigenvalue weighted by atomic mass is 10.1. The average Bonchev–Trinajstić information content (AvgIpc) is 3.19. The zero-order chi connectivity index (χ0) is 18.2. The lowest BCUT2D eigenvalue weighted by molar-refractivity contribution is -0.122. The second kappa shape index (κ2) is 8.44. The van der Waals surface area contributed by atoms with Crippen molar-refractivity contribution in [2.75, 3.05) is 0 Å². The Morgan fingerprint density at radius 2 is 1.96 bits per heavy atom. The number of hydrogen-bond acceptors (Lipinski definition) is 5. The zero-order valence-electron chi connectivity index (χ0n) is 13.9. The Labute approximate surface area is 150 Å². The molecule has 130 valence electrons. The molecule has 7 heteroatoms. The van der Waals surface area contributed by atoms with Crippen molar-refractivity contribution in [3.8, 4) is 11.8 Å². The molecular weight excluding hydrogens is 330 g/mol. The Bertz CT molecular complexity index is 871. The van der Waals surface area contributed by atoms with Crippen LogP contribution in [0.1, 0.15) is 17.2 Å². The summed E-state index contributed by atoms with van der Waals surface area (Å²) in [5, 5.41) is 15.9. The summed E-state index contributed by atoms with van der Waals surface area (Å²) >= 11 is 0. The molecule has 0 saturated carbocycles. The highest BCUT2D eigenvalue weighted by Gasteiger charge is 2.14. The molecule has 0 aliphatic rings. The third-order valence-electron chi connectivity index (χ3n) is 3.67. The number of nitrogens with one attached hydrogen (secondary N) is 1. The van der Waals surface area contributed by atoms with Crippen LogP contribution in [0.25, 0.3) is 0 Å². The first-order valence-corrected chi connectivity index (χ1v) is 8.02. The van der Waals surface area contributed by atoms with Crippen LogP contribution in [0, 0.1) is 11.3 Å². The number of amides is 1. The van der Waals surface area contributed by atoms with E-state index in [9.17, 15) is 10.1 Å². The Morgan fingerprint density at radius 1 is 1.19 bits per heavy atom. The Kier molecular flexibility index (Phi) is 5.58. The first kappa shape index (κ1) is 17.2. The second-order valence-corrected chi connectivity index (χ2v) is 5.57. The maximum Gasteiger partial charge on any atom is 0.243 e. The van der Waals surface area contributed by atoms with Crippen LogP contribution < -0.4 is 10.1 Å². The van der Waals surface area contributed by atoms with E-state index in [1.165, 1.54) is 17.3 Å². The molecule has 0 saturated heterocycles. The van der Waals surface area contributed by atoms with Crippen LogP contribution in [-0.2, 0) is 17.9 Å². The largest absolute Gasteiger partial charge is 0.489 e. The summed E-state index contributed by atoms with van der Waals surface area (Å²) < 4.78 is 7.12. The lowest BCUT2D eigenvalue weighted by Gasteiger charge is -2.13. The van der Waals surface area contributed by atoms with E-state index in [0.717, 1.165) is 5.56 Å². The third kappa shape index (κ3) is 4.68. The SMILES string of the molecule is N#C[C@@H](NC(=O)Cn1cncn1)c1ccc(OCc2ccccc2)cc1. The molecule has 0 bridgehead atoms. The van der Waals surface area contributed by atoms with Crippen molar-refractivity contribution in [3.63, 3.8) is 0 Å². The van der Waals surface area contributed by atoms with Crippen molar-refractivity contribution in [3.05, 3.63) is 78.4 Å². The summed E-state index contributed by atoms with van der Waals surface area (Å²) in [5.41, 5.74) is 1.76. The maximum atomic E-state index is 12.0. The van der Waals surface area contributed by atoms with Gasteiger partial charge in [0.1, 0.15) is 37.6 Å². The number of aromatic nitrogens is 3. The predicted octanol–water partition coefficient (Wildman–Crippen LogP) is 2.24. The van der Waals surface area contributed by atoms with Gasteiger partial charge in [-0.15, -0.1) is 0 Å². The van der Waals surface area contributed by atoms with Gasteiger partial charge in [0, 0.05) is 0 Å². The average molecular weight is 347 g/mol. The van der Waals surface area contributed by atoms with Crippen molar-refractivity contribution in [2.24, 2.45) is 0 Å². The molecule has 1 amide bonds. The summed E-state index contributed by atoms with van der Waals surface area (Å²) in [6.45, 7) is 0.479. The van der Waals surface area contributed by atoms with Gasteiger partial charge in [-0.3, -0.25) is 4.79 Å². The molecule has 0 fully saturated rings. The minimum atomic E-state index is -0.741. The van der Waals surface area contributed by atoms with Gasteiger partial charge in [0.15, 0.2) is 0 Å². The van der Waals surface area contributed by atoms with E-state index in [2.05, 4.69) is 21.5 Å². The molecule has 0 radical (unpaired) electrons. The zero-order valence-corrected chi connectivity index (χ0v) is 13.9. The standard InChI is InChI=1S/C19H17N5O2/c20-10-18(23-19(25)11-24-14-21-13-22-24)16-6-8-17(9-7-16)26-12-15-4-2-1-3-5-15/h1-9,13-14,18H,11-12H2,(H,23,25)/t18-/m1/s1. The van der Waals surface area contributed by atoms with Gasteiger partial charge in [-0.25, -0.2) is 9.67 Å². The van der Waals surface area contributed by atoms with Gasteiger partial charge in [-0.2, -0.15) is 10.4 Å². The maximum absolute atomic E-state index is 12.0. The third-order valence-corrected chi connectivity index (χ3v) is 3.67. The Morgan fingerprint density at radius 3 is 2.62 bits per heavy atom. The Balaban J connectivity index is 1.57. The fourth-order valence-corrected chi connectivity index (χ4v) is 2.36. The fourth-order valence-electron chi connectivity index (χ4n) is 2.36. The minimum absolute atomic E-state index is 0.0104. The van der Waals surface area contributed by atoms with E-state index in [4.69, 9.17) is 4.74 Å². The molecule has 0 spiro atoms. The van der Waals surface area contributed by atoms with Crippen LogP contribution in [0.2, 0.25) is 0 Å². The molecule has 26 heavy (non-hydrogen) atoms. The number of carbonyl (C=O) groups excluding carboxylic acids is 1. The van der Waals surface area contributed by atoms with Crippen LogP contribution in [0.15, 0.2) is 67.3 Å². The van der Waals surface area contributed by atoms with Crippen molar-refractivity contribution in [1.29, 1.82) is 5.26 Å². The molecule has 0 aliphatic carbocycles. The van der Waals surface area contributed by atoms with Crippen molar-refractivity contribution >= 4 is 5.91 Å². The number of nitrogens with zero attached hydrogens (tertiary/aromatic N) is 4. The topological polar surface area (TPSA) is 92.8 Å². The van der Waals surface area contributed by atoms with Gasteiger partial charge in [-0.05, 0) is 23.3 Å². The van der Waals surface area contributed by atoms with Crippen LogP contribution in [0.4, 0.5) is 0 Å². The highest BCUT2D eigenvalue weighted by atomic mass is 16.5. The van der Waals surface area contributed by atoms with Crippen molar-refractivity contribution in [2.45, 2.75) is 19.2 Å². The van der Waals surface area contributed by atoms with Gasteiger partial charge in [0.2, 0.25) is 5.91 Å². The summed E-state index contributed by atoms with van der Waals surface area (Å²) in [6, 6.07) is 18.3. The summed E-state index contributed by atoms with van der Waals surface area (Å²) in [4.78, 5) is 15.8. The predicted molar refractivity (Wildman–Crippen MR) is 93.7 cm³/mol. The number of rotatable bonds is 7. The first-order chi connectivity index (χ1) is 12.7.